The van der Waals surface area contributed by atoms with Crippen LogP contribution in [-0.2, 0) is 9.47 Å². The van der Waals surface area contributed by atoms with Crippen molar-refractivity contribution in [3.05, 3.63) is 0 Å². The minimum Gasteiger partial charge on any atom is -0.379 e. The second-order valence-corrected chi connectivity index (χ2v) is 2.52. The summed E-state index contributed by atoms with van der Waals surface area (Å²) in [6.07, 6.45) is 2.34. The Morgan fingerprint density at radius 2 is 1.25 bits per heavy atom. The summed E-state index contributed by atoms with van der Waals surface area (Å²) < 4.78 is 10.2. The molecule has 0 spiro atoms. The van der Waals surface area contributed by atoms with E-state index in [2.05, 4.69) is 20.8 Å². The third-order valence-corrected chi connectivity index (χ3v) is 0.925. The average molecular weight is 176 g/mol. The lowest BCUT2D eigenvalue weighted by Crippen LogP contribution is -2.03. The van der Waals surface area contributed by atoms with Crippen molar-refractivity contribution in [3.8, 4) is 0 Å². The number of ether oxygens (including phenoxy) is 2. The number of hydrogen-bond donors (Lipinski definition) is 0. The first-order chi connectivity index (χ1) is 5.83. The number of rotatable bonds is 6. The van der Waals surface area contributed by atoms with E-state index in [1.54, 1.807) is 0 Å². The van der Waals surface area contributed by atoms with Crippen molar-refractivity contribution < 1.29 is 9.47 Å². The Hall–Kier alpha value is -0.0800. The van der Waals surface area contributed by atoms with Gasteiger partial charge in [-0.2, -0.15) is 0 Å². The van der Waals surface area contributed by atoms with Crippen molar-refractivity contribution in [1.82, 2.24) is 0 Å². The Kier molecular flexibility index (Phi) is 20.6. The minimum absolute atomic E-state index is 0.733. The molecule has 0 aliphatic rings. The third-order valence-electron chi connectivity index (χ3n) is 0.925. The zero-order valence-corrected chi connectivity index (χ0v) is 9.06. The van der Waals surface area contributed by atoms with Gasteiger partial charge in [-0.15, -0.1) is 0 Å². The maximum Gasteiger partial charge on any atom is 0.0700 e. The first kappa shape index (κ1) is 14.4. The van der Waals surface area contributed by atoms with E-state index in [0.29, 0.717) is 0 Å². The fourth-order valence-electron chi connectivity index (χ4n) is 0.509. The molecule has 76 valence electrons. The van der Waals surface area contributed by atoms with Crippen molar-refractivity contribution >= 4 is 0 Å². The van der Waals surface area contributed by atoms with Gasteiger partial charge in [-0.25, -0.2) is 0 Å². The monoisotopic (exact) mass is 176 g/mol. The largest absolute Gasteiger partial charge is 0.379 e. The van der Waals surface area contributed by atoms with Crippen molar-refractivity contribution in [1.29, 1.82) is 0 Å². The lowest BCUT2D eigenvalue weighted by molar-refractivity contribution is 0.0531. The lowest BCUT2D eigenvalue weighted by Gasteiger charge is -2.00. The summed E-state index contributed by atoms with van der Waals surface area (Å²) in [5, 5.41) is 0. The molecule has 0 saturated heterocycles. The van der Waals surface area contributed by atoms with Crippen molar-refractivity contribution in [2.24, 2.45) is 0 Å². The first-order valence-electron chi connectivity index (χ1n) is 4.98. The molecule has 0 aliphatic heterocycles. The van der Waals surface area contributed by atoms with Gasteiger partial charge in [-0.1, -0.05) is 27.2 Å². The van der Waals surface area contributed by atoms with Gasteiger partial charge in [0.25, 0.3) is 0 Å². The van der Waals surface area contributed by atoms with Crippen LogP contribution in [0.5, 0.6) is 0 Å². The molecule has 0 rings (SSSR count). The van der Waals surface area contributed by atoms with Gasteiger partial charge >= 0.3 is 0 Å². The highest BCUT2D eigenvalue weighted by molar-refractivity contribution is 4.28. The molecule has 0 radical (unpaired) electrons. The summed E-state index contributed by atoms with van der Waals surface area (Å²) in [6.45, 7) is 11.4. The van der Waals surface area contributed by atoms with Gasteiger partial charge in [0.1, 0.15) is 0 Å². The van der Waals surface area contributed by atoms with E-state index >= 15 is 0 Å². The van der Waals surface area contributed by atoms with E-state index in [4.69, 9.17) is 9.47 Å². The highest BCUT2D eigenvalue weighted by Crippen LogP contribution is 1.80. The molecule has 0 unspecified atom stereocenters. The topological polar surface area (TPSA) is 18.5 Å². The van der Waals surface area contributed by atoms with Crippen LogP contribution < -0.4 is 0 Å². The molecule has 12 heavy (non-hydrogen) atoms. The molecule has 0 aromatic carbocycles. The van der Waals surface area contributed by atoms with E-state index in [1.165, 1.54) is 6.42 Å². The Labute approximate surface area is 77.3 Å². The second kappa shape index (κ2) is 17.1. The quantitative estimate of drug-likeness (QED) is 0.579. The highest BCUT2D eigenvalue weighted by Gasteiger charge is 1.83. The predicted octanol–water partition coefficient (Wildman–Crippen LogP) is 2.87. The molecule has 2 heteroatoms. The lowest BCUT2D eigenvalue weighted by atomic mass is 10.5. The third kappa shape index (κ3) is 22.5. The van der Waals surface area contributed by atoms with Crippen LogP contribution in [0.15, 0.2) is 0 Å². The fraction of sp³-hybridized carbons (Fsp3) is 1.00. The number of hydrogen-bond acceptors (Lipinski definition) is 2. The molecule has 0 aliphatic carbocycles. The molecule has 0 aromatic rings. The fourth-order valence-corrected chi connectivity index (χ4v) is 0.509. The van der Waals surface area contributed by atoms with E-state index < -0.39 is 0 Å². The van der Waals surface area contributed by atoms with Crippen LogP contribution in [-0.4, -0.2) is 26.4 Å². The molecule has 0 aromatic heterocycles. The summed E-state index contributed by atoms with van der Waals surface area (Å²) in [5.74, 6) is 0. The van der Waals surface area contributed by atoms with Gasteiger partial charge in [0.05, 0.1) is 13.2 Å². The summed E-state index contributed by atoms with van der Waals surface area (Å²) in [7, 11) is 0. The van der Waals surface area contributed by atoms with Crippen molar-refractivity contribution in [2.75, 3.05) is 26.4 Å². The average Bonchev–Trinajstić information content (AvgIpc) is 2.06. The van der Waals surface area contributed by atoms with E-state index in [-0.39, 0.29) is 0 Å². The highest BCUT2D eigenvalue weighted by atomic mass is 16.5. The molecule has 0 atom stereocenters. The maximum absolute atomic E-state index is 5.16. The van der Waals surface area contributed by atoms with Crippen LogP contribution in [0.2, 0.25) is 0 Å². The summed E-state index contributed by atoms with van der Waals surface area (Å²) >= 11 is 0. The van der Waals surface area contributed by atoms with Crippen LogP contribution in [0.3, 0.4) is 0 Å². The van der Waals surface area contributed by atoms with Crippen LogP contribution in [0, 0.1) is 0 Å². The van der Waals surface area contributed by atoms with Crippen molar-refractivity contribution in [3.63, 3.8) is 0 Å². The zero-order valence-electron chi connectivity index (χ0n) is 9.06. The normalized spacial score (nSPS) is 9.00. The molecule has 0 heterocycles. The standard InChI is InChI=1S/C7H16O2.C3H8/c1-3-5-9-7-6-8-4-2;1-3-2/h3-7H2,1-2H3;3H2,1-2H3. The van der Waals surface area contributed by atoms with Crippen LogP contribution in [0.1, 0.15) is 40.5 Å². The van der Waals surface area contributed by atoms with E-state index in [0.717, 1.165) is 32.8 Å². The van der Waals surface area contributed by atoms with Crippen molar-refractivity contribution in [2.45, 2.75) is 40.5 Å². The van der Waals surface area contributed by atoms with Gasteiger partial charge < -0.3 is 9.47 Å². The second-order valence-electron chi connectivity index (χ2n) is 2.52. The Morgan fingerprint density at radius 3 is 1.67 bits per heavy atom. The zero-order chi connectivity index (χ0) is 9.66. The maximum atomic E-state index is 5.16. The Balaban J connectivity index is 0. The SMILES string of the molecule is CCC.CCCOCCOCC. The van der Waals surface area contributed by atoms with Gasteiger partial charge in [0.2, 0.25) is 0 Å². The van der Waals surface area contributed by atoms with Gasteiger partial charge in [-0.05, 0) is 13.3 Å². The first-order valence-corrected chi connectivity index (χ1v) is 4.98. The van der Waals surface area contributed by atoms with Gasteiger partial charge in [-0.3, -0.25) is 0 Å². The Morgan fingerprint density at radius 1 is 0.750 bits per heavy atom. The predicted molar refractivity (Wildman–Crippen MR) is 53.6 cm³/mol. The summed E-state index contributed by atoms with van der Waals surface area (Å²) in [4.78, 5) is 0. The minimum atomic E-state index is 0.733. The molecular weight excluding hydrogens is 152 g/mol. The summed E-state index contributed by atoms with van der Waals surface area (Å²) in [5.41, 5.74) is 0. The molecule has 0 bridgehead atoms. The van der Waals surface area contributed by atoms with Gasteiger partial charge in [0.15, 0.2) is 0 Å². The molecule has 0 amide bonds. The van der Waals surface area contributed by atoms with Crippen LogP contribution in [0.4, 0.5) is 0 Å². The van der Waals surface area contributed by atoms with Crippen LogP contribution >= 0.6 is 0 Å². The molecule has 0 fully saturated rings. The molecule has 0 saturated carbocycles. The molecular formula is C10H24O2. The van der Waals surface area contributed by atoms with Gasteiger partial charge in [0, 0.05) is 13.2 Å². The van der Waals surface area contributed by atoms with E-state index in [1.807, 2.05) is 6.92 Å². The summed E-state index contributed by atoms with van der Waals surface area (Å²) in [6, 6.07) is 0. The Bertz CT molecular complexity index is 49.8. The molecule has 2 nitrogen and oxygen atoms in total. The van der Waals surface area contributed by atoms with Crippen LogP contribution in [0.25, 0.3) is 0 Å². The van der Waals surface area contributed by atoms with E-state index in [9.17, 15) is 0 Å². The smallest absolute Gasteiger partial charge is 0.0700 e. The molecule has 0 N–H and O–H groups in total.